The number of rotatable bonds is 4. The van der Waals surface area contributed by atoms with E-state index < -0.39 is 9.84 Å². The molecule has 2 aromatic carbocycles. The number of sulfone groups is 1. The van der Waals surface area contributed by atoms with E-state index in [1.807, 2.05) is 0 Å². The van der Waals surface area contributed by atoms with E-state index in [2.05, 4.69) is 9.73 Å². The Hall–Kier alpha value is -2.94. The van der Waals surface area contributed by atoms with Gasteiger partial charge in [0.05, 0.1) is 15.5 Å². The van der Waals surface area contributed by atoms with Gasteiger partial charge >= 0.3 is 0 Å². The quantitative estimate of drug-likeness (QED) is 0.490. The lowest BCUT2D eigenvalue weighted by molar-refractivity contribution is 0.506. The van der Waals surface area contributed by atoms with Crippen molar-refractivity contribution in [3.05, 3.63) is 48.5 Å². The van der Waals surface area contributed by atoms with Crippen LogP contribution >= 0.6 is 0 Å². The number of hydrogen-bond donors (Lipinski definition) is 0. The highest BCUT2D eigenvalue weighted by atomic mass is 32.2. The predicted octanol–water partition coefficient (Wildman–Crippen LogP) is 2.35. The maximum absolute atomic E-state index is 12.4. The molecule has 0 bridgehead atoms. The zero-order chi connectivity index (χ0) is 15.3. The number of nitrogens with zero attached hydrogens (tertiary/aromatic N) is 2. The molecule has 21 heavy (non-hydrogen) atoms. The second kappa shape index (κ2) is 6.01. The maximum atomic E-state index is 12.4. The molecule has 0 N–H and O–H groups in total. The summed E-state index contributed by atoms with van der Waals surface area (Å²) >= 11 is 0. The molecule has 0 saturated carbocycles. The van der Waals surface area contributed by atoms with E-state index in [-0.39, 0.29) is 15.5 Å². The summed E-state index contributed by atoms with van der Waals surface area (Å²) in [6, 6.07) is 11.0. The average molecular weight is 300 g/mol. The summed E-state index contributed by atoms with van der Waals surface area (Å²) in [7, 11) is -3.68. The van der Waals surface area contributed by atoms with Crippen LogP contribution in [0.15, 0.2) is 63.3 Å². The van der Waals surface area contributed by atoms with Crippen LogP contribution in [-0.2, 0) is 14.6 Å². The molecule has 0 aliphatic carbocycles. The summed E-state index contributed by atoms with van der Waals surface area (Å²) in [5, 5.41) is 8.37. The van der Waals surface area contributed by atoms with Crippen molar-refractivity contribution >= 4 is 21.6 Å². The summed E-state index contributed by atoms with van der Waals surface area (Å²) in [6.07, 6.45) is 2.88. The van der Waals surface area contributed by atoms with Gasteiger partial charge in [-0.15, -0.1) is 5.26 Å². The van der Waals surface area contributed by atoms with E-state index in [0.29, 0.717) is 5.69 Å². The summed E-state index contributed by atoms with van der Waals surface area (Å²) in [4.78, 5) is 13.6. The van der Waals surface area contributed by atoms with Crippen molar-refractivity contribution in [1.82, 2.24) is 0 Å². The summed E-state index contributed by atoms with van der Waals surface area (Å²) < 4.78 is 29.3. The van der Waals surface area contributed by atoms with Crippen LogP contribution in [0.3, 0.4) is 0 Å². The average Bonchev–Trinajstić information content (AvgIpc) is 2.49. The van der Waals surface area contributed by atoms with E-state index in [1.54, 1.807) is 0 Å². The van der Waals surface area contributed by atoms with Crippen molar-refractivity contribution < 1.29 is 17.9 Å². The largest absolute Gasteiger partial charge is 0.388 e. The van der Waals surface area contributed by atoms with E-state index in [1.165, 1.54) is 60.9 Å². The van der Waals surface area contributed by atoms with Gasteiger partial charge in [-0.3, -0.25) is 0 Å². The molecule has 2 rings (SSSR count). The highest BCUT2D eigenvalue weighted by molar-refractivity contribution is 7.91. The van der Waals surface area contributed by atoms with Crippen molar-refractivity contribution in [3.63, 3.8) is 0 Å². The molecule has 0 aromatic heterocycles. The molecule has 0 aliphatic heterocycles. The first-order valence-corrected chi connectivity index (χ1v) is 7.15. The molecule has 0 radical (unpaired) electrons. The molecule has 0 spiro atoms. The van der Waals surface area contributed by atoms with Crippen LogP contribution in [0.1, 0.15) is 0 Å². The zero-order valence-corrected chi connectivity index (χ0v) is 11.4. The third kappa shape index (κ3) is 3.15. The Kier molecular flexibility index (Phi) is 4.14. The smallest absolute Gasteiger partial charge is 0.292 e. The monoisotopic (exact) mass is 300 g/mol. The van der Waals surface area contributed by atoms with Crippen molar-refractivity contribution in [3.8, 4) is 12.0 Å². The van der Waals surface area contributed by atoms with Gasteiger partial charge in [0, 0.05) is 0 Å². The molecule has 7 heteroatoms. The SMILES string of the molecule is N#COc1ccc(S(=O)(=O)c2ccc(N=C=O)cc2)cc1. The predicted molar refractivity (Wildman–Crippen MR) is 72.4 cm³/mol. The van der Waals surface area contributed by atoms with Gasteiger partial charge in [0.1, 0.15) is 5.75 Å². The number of hydrogen-bond acceptors (Lipinski definition) is 6. The fourth-order valence-electron chi connectivity index (χ4n) is 1.63. The van der Waals surface area contributed by atoms with Gasteiger partial charge in [0.25, 0.3) is 6.26 Å². The van der Waals surface area contributed by atoms with Crippen LogP contribution < -0.4 is 4.74 Å². The molecule has 6 nitrogen and oxygen atoms in total. The Morgan fingerprint density at radius 3 is 1.95 bits per heavy atom. The molecule has 2 aromatic rings. The second-order valence-electron chi connectivity index (χ2n) is 3.87. The van der Waals surface area contributed by atoms with E-state index in [0.717, 1.165) is 0 Å². The number of carbonyl (C=O) groups excluding carboxylic acids is 1. The first-order chi connectivity index (χ1) is 10.1. The highest BCUT2D eigenvalue weighted by Crippen LogP contribution is 2.24. The van der Waals surface area contributed by atoms with Crippen LogP contribution in [0.4, 0.5) is 5.69 Å². The topological polar surface area (TPSA) is 96.6 Å². The molecule has 0 saturated heterocycles. The molecule has 0 atom stereocenters. The minimum atomic E-state index is -3.68. The lowest BCUT2D eigenvalue weighted by atomic mass is 10.3. The Bertz CT molecular complexity index is 828. The van der Waals surface area contributed by atoms with Gasteiger partial charge in [0.15, 0.2) is 0 Å². The molecular formula is C14H8N2O4S. The number of benzene rings is 2. The fourth-order valence-corrected chi connectivity index (χ4v) is 2.89. The Labute approximate surface area is 120 Å². The summed E-state index contributed by atoms with van der Waals surface area (Å²) in [6.45, 7) is 0. The van der Waals surface area contributed by atoms with E-state index in [4.69, 9.17) is 5.26 Å². The molecular weight excluding hydrogens is 292 g/mol. The molecule has 104 valence electrons. The maximum Gasteiger partial charge on any atom is 0.292 e. The van der Waals surface area contributed by atoms with E-state index >= 15 is 0 Å². The molecule has 0 unspecified atom stereocenters. The fraction of sp³-hybridized carbons (Fsp3) is 0. The van der Waals surface area contributed by atoms with Gasteiger partial charge in [-0.2, -0.15) is 4.99 Å². The standard InChI is InChI=1S/C14H8N2O4S/c15-9-20-12-3-7-14(8-4-12)21(18,19)13-5-1-11(2-6-13)16-10-17/h1-8H. The Morgan fingerprint density at radius 2 is 1.48 bits per heavy atom. The van der Waals surface area contributed by atoms with Crippen molar-refractivity contribution in [2.24, 2.45) is 4.99 Å². The van der Waals surface area contributed by atoms with Crippen molar-refractivity contribution in [2.75, 3.05) is 0 Å². The number of ether oxygens (including phenoxy) is 1. The number of aliphatic imine (C=N–C) groups is 1. The van der Waals surface area contributed by atoms with Gasteiger partial charge < -0.3 is 4.74 Å². The lowest BCUT2D eigenvalue weighted by Gasteiger charge is -2.05. The minimum absolute atomic E-state index is 0.0689. The first-order valence-electron chi connectivity index (χ1n) is 5.67. The lowest BCUT2D eigenvalue weighted by Crippen LogP contribution is -2.01. The van der Waals surface area contributed by atoms with Crippen LogP contribution in [0.25, 0.3) is 0 Å². The highest BCUT2D eigenvalue weighted by Gasteiger charge is 2.17. The molecule has 0 amide bonds. The third-order valence-corrected chi connectivity index (χ3v) is 4.40. The Morgan fingerprint density at radius 1 is 0.952 bits per heavy atom. The molecule has 0 aliphatic rings. The van der Waals surface area contributed by atoms with E-state index in [9.17, 15) is 13.2 Å². The summed E-state index contributed by atoms with van der Waals surface area (Å²) in [5.74, 6) is 0.257. The second-order valence-corrected chi connectivity index (χ2v) is 5.81. The Balaban J connectivity index is 2.37. The number of nitriles is 1. The van der Waals surface area contributed by atoms with Crippen LogP contribution in [0.5, 0.6) is 5.75 Å². The molecule has 0 heterocycles. The first kappa shape index (κ1) is 14.5. The van der Waals surface area contributed by atoms with Gasteiger partial charge in [-0.05, 0) is 48.5 Å². The minimum Gasteiger partial charge on any atom is -0.388 e. The van der Waals surface area contributed by atoms with Crippen molar-refractivity contribution in [2.45, 2.75) is 9.79 Å². The normalized spacial score (nSPS) is 10.2. The zero-order valence-electron chi connectivity index (χ0n) is 10.6. The van der Waals surface area contributed by atoms with Gasteiger partial charge in [0.2, 0.25) is 15.9 Å². The van der Waals surface area contributed by atoms with Gasteiger partial charge in [-0.25, -0.2) is 13.2 Å². The number of isocyanates is 1. The van der Waals surface area contributed by atoms with Crippen LogP contribution in [0, 0.1) is 11.5 Å². The third-order valence-electron chi connectivity index (χ3n) is 2.62. The van der Waals surface area contributed by atoms with Crippen LogP contribution in [0.2, 0.25) is 0 Å². The van der Waals surface area contributed by atoms with Gasteiger partial charge in [-0.1, -0.05) is 0 Å². The summed E-state index contributed by atoms with van der Waals surface area (Å²) in [5.41, 5.74) is 0.321. The van der Waals surface area contributed by atoms with Crippen molar-refractivity contribution in [1.29, 1.82) is 5.26 Å². The molecule has 0 fully saturated rings. The van der Waals surface area contributed by atoms with Crippen LogP contribution in [-0.4, -0.2) is 14.5 Å².